The van der Waals surface area contributed by atoms with Crippen molar-refractivity contribution in [1.29, 1.82) is 0 Å². The van der Waals surface area contributed by atoms with Crippen LogP contribution >= 0.6 is 15.9 Å². The van der Waals surface area contributed by atoms with Crippen LogP contribution in [0.5, 0.6) is 17.4 Å². The van der Waals surface area contributed by atoms with Gasteiger partial charge in [0.2, 0.25) is 5.88 Å². The fourth-order valence-corrected chi connectivity index (χ4v) is 5.55. The van der Waals surface area contributed by atoms with Gasteiger partial charge in [0.05, 0.1) is 22.7 Å². The largest absolute Gasteiger partial charge is 0.493 e. The molecular formula is C22H22BrFN4O6S. The molecule has 2 aromatic heterocycles. The Kier molecular flexibility index (Phi) is 7.38. The summed E-state index contributed by atoms with van der Waals surface area (Å²) in [5, 5.41) is 16.3. The molecule has 35 heavy (non-hydrogen) atoms. The Morgan fingerprint density at radius 2 is 2.11 bits per heavy atom. The first-order chi connectivity index (χ1) is 16.7. The number of carboxylic acids is 1. The number of nitrogens with zero attached hydrogens (tertiary/aromatic N) is 3. The molecule has 0 spiro atoms. The second-order valence-electron chi connectivity index (χ2n) is 7.86. The molecule has 0 radical (unpaired) electrons. The molecule has 0 saturated carbocycles. The Morgan fingerprint density at radius 3 is 2.83 bits per heavy atom. The summed E-state index contributed by atoms with van der Waals surface area (Å²) in [6.45, 7) is -0.238. The highest BCUT2D eigenvalue weighted by Gasteiger charge is 2.27. The smallest absolute Gasteiger partial charge is 0.325 e. The van der Waals surface area contributed by atoms with Gasteiger partial charge in [0.1, 0.15) is 18.2 Å². The molecule has 0 aliphatic heterocycles. The van der Waals surface area contributed by atoms with Gasteiger partial charge in [-0.3, -0.25) is 14.8 Å². The number of methoxy groups -OCH3 is 1. The highest BCUT2D eigenvalue weighted by atomic mass is 79.9. The molecule has 1 aliphatic carbocycles. The minimum atomic E-state index is -3.76. The lowest BCUT2D eigenvalue weighted by atomic mass is 9.93. The van der Waals surface area contributed by atoms with Crippen molar-refractivity contribution in [3.8, 4) is 17.4 Å². The zero-order valence-corrected chi connectivity index (χ0v) is 21.0. The minimum absolute atomic E-state index is 0.0205. The number of nitrogens with one attached hydrogen (secondary N) is 1. The predicted molar refractivity (Wildman–Crippen MR) is 126 cm³/mol. The number of aromatic nitrogens is 3. The standard InChI is InChI=1S/C22H22BrFN4O6S/c1-33-20-7-13(24)5-6-19(20)34-22-16(23)8-14(9-25-22)35(31,32)12-26-17-3-2-4-18-15(17)10-27-28(18)11-21(29)30/h5-10,17,26H,2-4,11-12H2,1H3,(H,29,30)/t17-/m1/s1. The van der Waals surface area contributed by atoms with Crippen molar-refractivity contribution in [2.75, 3.05) is 13.0 Å². The summed E-state index contributed by atoms with van der Waals surface area (Å²) >= 11 is 3.28. The zero-order chi connectivity index (χ0) is 25.2. The molecule has 2 N–H and O–H groups in total. The van der Waals surface area contributed by atoms with Crippen molar-refractivity contribution in [3.05, 3.63) is 58.2 Å². The second kappa shape index (κ2) is 10.3. The van der Waals surface area contributed by atoms with Crippen LogP contribution in [-0.4, -0.2) is 47.2 Å². The van der Waals surface area contributed by atoms with E-state index in [1.54, 1.807) is 6.20 Å². The number of ether oxygens (including phenoxy) is 2. The van der Waals surface area contributed by atoms with Crippen LogP contribution in [-0.2, 0) is 27.6 Å². The summed E-state index contributed by atoms with van der Waals surface area (Å²) in [6, 6.07) is 4.87. The van der Waals surface area contributed by atoms with Gasteiger partial charge in [0, 0.05) is 29.6 Å². The zero-order valence-electron chi connectivity index (χ0n) is 18.6. The summed E-state index contributed by atoms with van der Waals surface area (Å²) in [5.41, 5.74) is 1.61. The highest BCUT2D eigenvalue weighted by Crippen LogP contribution is 2.35. The molecule has 4 rings (SSSR count). The summed E-state index contributed by atoms with van der Waals surface area (Å²) in [4.78, 5) is 15.1. The third-order valence-corrected chi connectivity index (χ3v) is 7.60. The van der Waals surface area contributed by atoms with Crippen LogP contribution in [0.3, 0.4) is 0 Å². The first-order valence-corrected chi connectivity index (χ1v) is 13.0. The molecule has 0 saturated heterocycles. The van der Waals surface area contributed by atoms with Gasteiger partial charge < -0.3 is 14.6 Å². The van der Waals surface area contributed by atoms with E-state index >= 15 is 0 Å². The predicted octanol–water partition coefficient (Wildman–Crippen LogP) is 3.46. The van der Waals surface area contributed by atoms with Gasteiger partial charge in [-0.25, -0.2) is 17.8 Å². The van der Waals surface area contributed by atoms with Crippen LogP contribution in [0.1, 0.15) is 30.1 Å². The molecule has 0 bridgehead atoms. The number of hydrogen-bond donors (Lipinski definition) is 2. The molecule has 3 aromatic rings. The summed E-state index contributed by atoms with van der Waals surface area (Å²) in [7, 11) is -2.39. The molecule has 13 heteroatoms. The van der Waals surface area contributed by atoms with Gasteiger partial charge in [-0.1, -0.05) is 0 Å². The maximum atomic E-state index is 13.4. The van der Waals surface area contributed by atoms with Crippen molar-refractivity contribution < 1.29 is 32.2 Å². The van der Waals surface area contributed by atoms with E-state index in [0.29, 0.717) is 17.3 Å². The van der Waals surface area contributed by atoms with Gasteiger partial charge in [0.15, 0.2) is 21.3 Å². The third kappa shape index (κ3) is 5.63. The van der Waals surface area contributed by atoms with E-state index in [1.165, 1.54) is 36.2 Å². The Morgan fingerprint density at radius 1 is 1.31 bits per heavy atom. The number of aliphatic carboxylic acids is 1. The normalized spacial score (nSPS) is 15.5. The van der Waals surface area contributed by atoms with E-state index in [4.69, 9.17) is 14.6 Å². The quantitative estimate of drug-likeness (QED) is 0.398. The maximum absolute atomic E-state index is 13.4. The number of rotatable bonds is 9. The molecule has 1 aliphatic rings. The molecule has 0 amide bonds. The number of benzene rings is 1. The average Bonchev–Trinajstić information content (AvgIpc) is 3.22. The van der Waals surface area contributed by atoms with Crippen molar-refractivity contribution in [1.82, 2.24) is 20.1 Å². The number of hydrogen-bond acceptors (Lipinski definition) is 8. The van der Waals surface area contributed by atoms with Gasteiger partial charge in [-0.15, -0.1) is 0 Å². The fraction of sp³-hybridized carbons (Fsp3) is 0.318. The monoisotopic (exact) mass is 568 g/mol. The first-order valence-electron chi connectivity index (χ1n) is 10.6. The minimum Gasteiger partial charge on any atom is -0.493 e. The van der Waals surface area contributed by atoms with Gasteiger partial charge in [-0.05, 0) is 53.4 Å². The van der Waals surface area contributed by atoms with Crippen molar-refractivity contribution in [3.63, 3.8) is 0 Å². The summed E-state index contributed by atoms with van der Waals surface area (Å²) in [5.74, 6) is -1.36. The van der Waals surface area contributed by atoms with Crippen LogP contribution in [0, 0.1) is 5.82 Å². The van der Waals surface area contributed by atoms with Crippen molar-refractivity contribution in [2.45, 2.75) is 36.7 Å². The lowest BCUT2D eigenvalue weighted by Crippen LogP contribution is -2.30. The number of fused-ring (bicyclic) bond motifs is 1. The summed E-state index contributed by atoms with van der Waals surface area (Å²) in [6.07, 6.45) is 4.95. The molecule has 0 unspecified atom stereocenters. The SMILES string of the molecule is COc1cc(F)ccc1Oc1ncc(S(=O)(=O)CN[C@@H]2CCCc3c2cnn3CC(=O)O)cc1Br. The molecule has 186 valence electrons. The number of carboxylic acid groups (broad SMARTS) is 1. The van der Waals surface area contributed by atoms with Gasteiger partial charge in [-0.2, -0.15) is 5.10 Å². The molecular weight excluding hydrogens is 547 g/mol. The van der Waals surface area contributed by atoms with Gasteiger partial charge in [0.25, 0.3) is 0 Å². The van der Waals surface area contributed by atoms with Crippen LogP contribution < -0.4 is 14.8 Å². The van der Waals surface area contributed by atoms with E-state index in [0.717, 1.165) is 23.7 Å². The molecule has 0 fully saturated rings. The van der Waals surface area contributed by atoms with Crippen LogP contribution in [0.25, 0.3) is 0 Å². The molecule has 10 nitrogen and oxygen atoms in total. The van der Waals surface area contributed by atoms with E-state index in [1.807, 2.05) is 0 Å². The number of pyridine rings is 1. The Balaban J connectivity index is 1.47. The molecule has 1 aromatic carbocycles. The van der Waals surface area contributed by atoms with E-state index in [9.17, 15) is 17.6 Å². The van der Waals surface area contributed by atoms with E-state index in [-0.39, 0.29) is 40.7 Å². The van der Waals surface area contributed by atoms with Crippen molar-refractivity contribution in [2.24, 2.45) is 0 Å². The second-order valence-corrected chi connectivity index (χ2v) is 10.7. The first kappa shape index (κ1) is 25.1. The van der Waals surface area contributed by atoms with Crippen LogP contribution in [0.15, 0.2) is 46.0 Å². The summed E-state index contributed by atoms with van der Waals surface area (Å²) < 4.78 is 51.9. The average molecular weight is 569 g/mol. The lowest BCUT2D eigenvalue weighted by molar-refractivity contribution is -0.137. The molecule has 2 heterocycles. The van der Waals surface area contributed by atoms with E-state index < -0.39 is 21.6 Å². The highest BCUT2D eigenvalue weighted by molar-refractivity contribution is 9.10. The van der Waals surface area contributed by atoms with Gasteiger partial charge >= 0.3 is 5.97 Å². The Hall–Kier alpha value is -3.03. The lowest BCUT2D eigenvalue weighted by Gasteiger charge is -2.24. The third-order valence-electron chi connectivity index (χ3n) is 5.54. The molecule has 1 atom stereocenters. The Bertz CT molecular complexity index is 1360. The van der Waals surface area contributed by atoms with Crippen LogP contribution in [0.4, 0.5) is 4.39 Å². The fourth-order valence-electron chi connectivity index (χ4n) is 3.87. The maximum Gasteiger partial charge on any atom is 0.325 e. The topological polar surface area (TPSA) is 133 Å². The van der Waals surface area contributed by atoms with Crippen molar-refractivity contribution >= 4 is 31.7 Å². The van der Waals surface area contributed by atoms with Crippen LogP contribution in [0.2, 0.25) is 0 Å². The van der Waals surface area contributed by atoms with E-state index in [2.05, 4.69) is 31.3 Å². The Labute approximate surface area is 209 Å². The number of sulfone groups is 1. The number of carbonyl (C=O) groups is 1. The number of halogens is 2.